The van der Waals surface area contributed by atoms with Crippen molar-refractivity contribution in [1.82, 2.24) is 4.90 Å². The van der Waals surface area contributed by atoms with E-state index in [1.165, 1.54) is 11.1 Å². The van der Waals surface area contributed by atoms with E-state index in [9.17, 15) is 0 Å². The monoisotopic (exact) mass is 185 g/mol. The second kappa shape index (κ2) is 5.44. The van der Waals surface area contributed by atoms with E-state index in [0.717, 1.165) is 0 Å². The molecule has 2 heteroatoms. The predicted octanol–water partition coefficient (Wildman–Crippen LogP) is 2.76. The molecule has 1 unspecified atom stereocenters. The van der Waals surface area contributed by atoms with Crippen molar-refractivity contribution in [2.75, 3.05) is 20.4 Å². The van der Waals surface area contributed by atoms with E-state index in [-0.39, 0.29) is 0 Å². The lowest BCUT2D eigenvalue weighted by Crippen LogP contribution is -2.26. The molecule has 0 aromatic rings. The van der Waals surface area contributed by atoms with Crippen LogP contribution in [0.3, 0.4) is 0 Å². The van der Waals surface area contributed by atoms with E-state index in [0.29, 0.717) is 5.37 Å². The van der Waals surface area contributed by atoms with Crippen molar-refractivity contribution >= 4 is 11.8 Å². The van der Waals surface area contributed by atoms with E-state index in [1.54, 1.807) is 0 Å². The highest BCUT2D eigenvalue weighted by Crippen LogP contribution is 2.22. The summed E-state index contributed by atoms with van der Waals surface area (Å²) in [5, 5.41) is 0.437. The van der Waals surface area contributed by atoms with Crippen LogP contribution in [0.2, 0.25) is 0 Å². The molecular weight excluding hydrogens is 166 g/mol. The highest BCUT2D eigenvalue weighted by atomic mass is 32.2. The van der Waals surface area contributed by atoms with Gasteiger partial charge in [-0.1, -0.05) is 18.2 Å². The molecule has 12 heavy (non-hydrogen) atoms. The highest BCUT2D eigenvalue weighted by molar-refractivity contribution is 7.99. The van der Waals surface area contributed by atoms with Gasteiger partial charge in [0.15, 0.2) is 0 Å². The van der Waals surface area contributed by atoms with Crippen molar-refractivity contribution in [3.05, 3.63) is 23.8 Å². The Labute approximate surface area is 80.5 Å². The molecular formula is C10H19NS. The minimum absolute atomic E-state index is 0.437. The Balaban J connectivity index is 4.69. The van der Waals surface area contributed by atoms with Crippen molar-refractivity contribution in [1.29, 1.82) is 0 Å². The van der Waals surface area contributed by atoms with E-state index in [4.69, 9.17) is 0 Å². The molecule has 0 saturated carbocycles. The van der Waals surface area contributed by atoms with Gasteiger partial charge in [0.25, 0.3) is 0 Å². The van der Waals surface area contributed by atoms with Crippen LogP contribution in [-0.2, 0) is 0 Å². The topological polar surface area (TPSA) is 3.24 Å². The van der Waals surface area contributed by atoms with E-state index >= 15 is 0 Å². The summed E-state index contributed by atoms with van der Waals surface area (Å²) in [6.45, 7) is 8.09. The minimum Gasteiger partial charge on any atom is -0.294 e. The molecule has 0 spiro atoms. The number of allylic oxidation sites excluding steroid dienone is 1. The number of likely N-dealkylation sites (N-methyl/N-ethyl adjacent to an activating group) is 1. The van der Waals surface area contributed by atoms with Crippen LogP contribution in [0.15, 0.2) is 23.8 Å². The van der Waals surface area contributed by atoms with Gasteiger partial charge in [-0.15, -0.1) is 11.8 Å². The Morgan fingerprint density at radius 3 is 2.00 bits per heavy atom. The molecule has 1 nitrogen and oxygen atoms in total. The SMILES string of the molecule is C=CC(=C(C)C)C(SC)N(C)C. The summed E-state index contributed by atoms with van der Waals surface area (Å²) in [4.78, 5) is 2.20. The van der Waals surface area contributed by atoms with Gasteiger partial charge in [-0.25, -0.2) is 0 Å². The quantitative estimate of drug-likeness (QED) is 0.489. The van der Waals surface area contributed by atoms with Crippen LogP contribution < -0.4 is 0 Å². The normalized spacial score (nSPS) is 12.8. The smallest absolute Gasteiger partial charge is 0.0805 e. The first-order valence-corrected chi connectivity index (χ1v) is 5.32. The molecule has 0 aliphatic heterocycles. The lowest BCUT2D eigenvalue weighted by molar-refractivity contribution is 0.418. The van der Waals surface area contributed by atoms with Crippen LogP contribution in [-0.4, -0.2) is 30.6 Å². The lowest BCUT2D eigenvalue weighted by Gasteiger charge is -2.24. The van der Waals surface area contributed by atoms with Gasteiger partial charge >= 0.3 is 0 Å². The van der Waals surface area contributed by atoms with Crippen molar-refractivity contribution in [2.24, 2.45) is 0 Å². The summed E-state index contributed by atoms with van der Waals surface area (Å²) < 4.78 is 0. The van der Waals surface area contributed by atoms with Crippen molar-refractivity contribution in [3.63, 3.8) is 0 Å². The summed E-state index contributed by atoms with van der Waals surface area (Å²) in [5.41, 5.74) is 2.67. The molecule has 0 saturated heterocycles. The van der Waals surface area contributed by atoms with Gasteiger partial charge in [0.2, 0.25) is 0 Å². The van der Waals surface area contributed by atoms with E-state index in [1.807, 2.05) is 17.8 Å². The Bertz CT molecular complexity index is 178. The van der Waals surface area contributed by atoms with E-state index in [2.05, 4.69) is 45.7 Å². The lowest BCUT2D eigenvalue weighted by atomic mass is 10.1. The van der Waals surface area contributed by atoms with Crippen molar-refractivity contribution in [2.45, 2.75) is 19.2 Å². The van der Waals surface area contributed by atoms with Crippen LogP contribution >= 0.6 is 11.8 Å². The highest BCUT2D eigenvalue weighted by Gasteiger charge is 2.13. The second-order valence-corrected chi connectivity index (χ2v) is 4.13. The maximum Gasteiger partial charge on any atom is 0.0805 e. The zero-order chi connectivity index (χ0) is 9.72. The molecule has 0 heterocycles. The third-order valence-electron chi connectivity index (χ3n) is 1.76. The van der Waals surface area contributed by atoms with Gasteiger partial charge in [0, 0.05) is 0 Å². The number of thioether (sulfide) groups is 1. The van der Waals surface area contributed by atoms with Crippen LogP contribution in [0.4, 0.5) is 0 Å². The standard InChI is InChI=1S/C10H19NS/c1-7-9(8(2)3)10(12-6)11(4)5/h7,10H,1H2,2-6H3. The maximum atomic E-state index is 3.84. The number of nitrogens with zero attached hydrogens (tertiary/aromatic N) is 1. The summed E-state index contributed by atoms with van der Waals surface area (Å²) in [6.07, 6.45) is 4.08. The molecule has 0 aliphatic rings. The molecule has 70 valence electrons. The van der Waals surface area contributed by atoms with Crippen LogP contribution in [0.25, 0.3) is 0 Å². The fourth-order valence-electron chi connectivity index (χ4n) is 1.17. The molecule has 0 aromatic heterocycles. The number of rotatable bonds is 4. The average Bonchev–Trinajstić information content (AvgIpc) is 1.98. The summed E-state index contributed by atoms with van der Waals surface area (Å²) >= 11 is 1.84. The zero-order valence-electron chi connectivity index (χ0n) is 8.72. The third-order valence-corrected chi connectivity index (χ3v) is 2.88. The van der Waals surface area contributed by atoms with Gasteiger partial charge in [-0.2, -0.15) is 0 Å². The Morgan fingerprint density at radius 2 is 1.92 bits per heavy atom. The van der Waals surface area contributed by atoms with Crippen molar-refractivity contribution in [3.8, 4) is 0 Å². The molecule has 0 N–H and O–H groups in total. The Morgan fingerprint density at radius 1 is 1.42 bits per heavy atom. The zero-order valence-corrected chi connectivity index (χ0v) is 9.53. The summed E-state index contributed by atoms with van der Waals surface area (Å²) in [5.74, 6) is 0. The first-order chi connectivity index (χ1) is 5.54. The molecule has 0 bridgehead atoms. The van der Waals surface area contributed by atoms with Crippen LogP contribution in [0.5, 0.6) is 0 Å². The summed E-state index contributed by atoms with van der Waals surface area (Å²) in [6, 6.07) is 0. The minimum atomic E-state index is 0.437. The first-order valence-electron chi connectivity index (χ1n) is 4.03. The number of hydrogen-bond acceptors (Lipinski definition) is 2. The molecule has 0 rings (SSSR count). The van der Waals surface area contributed by atoms with Gasteiger partial charge in [-0.3, -0.25) is 4.90 Å². The largest absolute Gasteiger partial charge is 0.294 e. The first kappa shape index (κ1) is 11.8. The van der Waals surface area contributed by atoms with Gasteiger partial charge < -0.3 is 0 Å². The Hall–Kier alpha value is -0.210. The fraction of sp³-hybridized carbons (Fsp3) is 0.600. The molecule has 0 amide bonds. The average molecular weight is 185 g/mol. The van der Waals surface area contributed by atoms with Gasteiger partial charge in [0.1, 0.15) is 0 Å². The van der Waals surface area contributed by atoms with Crippen LogP contribution in [0, 0.1) is 0 Å². The third kappa shape index (κ3) is 3.03. The molecule has 1 atom stereocenters. The maximum absolute atomic E-state index is 3.84. The van der Waals surface area contributed by atoms with E-state index < -0.39 is 0 Å². The molecule has 0 aromatic carbocycles. The van der Waals surface area contributed by atoms with Gasteiger partial charge in [-0.05, 0) is 39.8 Å². The van der Waals surface area contributed by atoms with Gasteiger partial charge in [0.05, 0.1) is 5.37 Å². The van der Waals surface area contributed by atoms with Crippen LogP contribution in [0.1, 0.15) is 13.8 Å². The second-order valence-electron chi connectivity index (χ2n) is 3.21. The van der Waals surface area contributed by atoms with Crippen molar-refractivity contribution < 1.29 is 0 Å². The summed E-state index contributed by atoms with van der Waals surface area (Å²) in [7, 11) is 4.18. The Kier molecular flexibility index (Phi) is 5.34. The molecule has 0 radical (unpaired) electrons. The molecule has 0 aliphatic carbocycles. The molecule has 0 fully saturated rings. The fourth-order valence-corrected chi connectivity index (χ4v) is 2.18. The predicted molar refractivity (Wildman–Crippen MR) is 59.6 cm³/mol. The number of hydrogen-bond donors (Lipinski definition) is 0.